The lowest BCUT2D eigenvalue weighted by Crippen LogP contribution is -2.42. The number of fused-ring (bicyclic) bond motifs is 1. The lowest BCUT2D eigenvalue weighted by Gasteiger charge is -2.36. The monoisotopic (exact) mass is 340 g/mol. The van der Waals surface area contributed by atoms with E-state index in [4.69, 9.17) is 10.5 Å². The highest BCUT2D eigenvalue weighted by molar-refractivity contribution is 5.92. The van der Waals surface area contributed by atoms with Gasteiger partial charge in [-0.15, -0.1) is 0 Å². The van der Waals surface area contributed by atoms with Crippen molar-refractivity contribution in [3.05, 3.63) is 30.1 Å². The maximum absolute atomic E-state index is 11.6. The molecule has 0 aliphatic carbocycles. The maximum Gasteiger partial charge on any atom is 0.223 e. The van der Waals surface area contributed by atoms with Crippen LogP contribution in [-0.4, -0.2) is 41.7 Å². The van der Waals surface area contributed by atoms with Crippen LogP contribution in [-0.2, 0) is 9.53 Å². The molecule has 0 radical (unpaired) electrons. The molecule has 2 aromatic rings. The van der Waals surface area contributed by atoms with Gasteiger partial charge in [-0.1, -0.05) is 12.1 Å². The first-order chi connectivity index (χ1) is 12.1. The molecule has 0 bridgehead atoms. The van der Waals surface area contributed by atoms with Crippen molar-refractivity contribution in [3.63, 3.8) is 0 Å². The molecule has 1 amide bonds. The molecule has 1 aromatic carbocycles. The van der Waals surface area contributed by atoms with Crippen LogP contribution in [0.4, 0.5) is 5.82 Å². The Morgan fingerprint density at radius 2 is 2.04 bits per heavy atom. The van der Waals surface area contributed by atoms with E-state index < -0.39 is 0 Å². The van der Waals surface area contributed by atoms with Gasteiger partial charge in [0.15, 0.2) is 0 Å². The number of amides is 1. The molecule has 6 heteroatoms. The summed E-state index contributed by atoms with van der Waals surface area (Å²) in [5, 5.41) is 1.13. The van der Waals surface area contributed by atoms with Crippen LogP contribution >= 0.6 is 0 Å². The number of piperidine rings is 1. The number of aromatic nitrogens is 2. The van der Waals surface area contributed by atoms with E-state index in [1.165, 1.54) is 5.56 Å². The van der Waals surface area contributed by atoms with E-state index in [1.807, 2.05) is 12.1 Å². The van der Waals surface area contributed by atoms with Crippen molar-refractivity contribution in [1.82, 2.24) is 9.97 Å². The van der Waals surface area contributed by atoms with Gasteiger partial charge in [0.1, 0.15) is 12.1 Å². The van der Waals surface area contributed by atoms with Gasteiger partial charge in [0.25, 0.3) is 0 Å². The number of carbonyl (C=O) groups excluding carboxylic acids is 1. The van der Waals surface area contributed by atoms with Crippen LogP contribution < -0.4 is 10.6 Å². The van der Waals surface area contributed by atoms with E-state index in [0.29, 0.717) is 12.5 Å². The van der Waals surface area contributed by atoms with Crippen molar-refractivity contribution in [1.29, 1.82) is 0 Å². The topological polar surface area (TPSA) is 81.3 Å². The summed E-state index contributed by atoms with van der Waals surface area (Å²) in [6.45, 7) is 4.58. The molecular formula is C19H24N4O2. The molecule has 2 aliphatic heterocycles. The van der Waals surface area contributed by atoms with Crippen LogP contribution in [0.25, 0.3) is 10.9 Å². The lowest BCUT2D eigenvalue weighted by molar-refractivity contribution is -0.124. The number of nitrogens with zero attached hydrogens (tertiary/aromatic N) is 3. The van der Waals surface area contributed by atoms with Gasteiger partial charge in [-0.05, 0) is 43.7 Å². The zero-order valence-corrected chi connectivity index (χ0v) is 14.5. The summed E-state index contributed by atoms with van der Waals surface area (Å²) in [5.41, 5.74) is 7.73. The molecule has 2 saturated heterocycles. The van der Waals surface area contributed by atoms with Gasteiger partial charge in [0.05, 0.1) is 17.5 Å². The van der Waals surface area contributed by atoms with Crippen molar-refractivity contribution in [2.75, 3.05) is 24.6 Å². The van der Waals surface area contributed by atoms with Crippen molar-refractivity contribution >= 4 is 22.6 Å². The number of ether oxygens (including phenoxy) is 1. The molecule has 132 valence electrons. The predicted molar refractivity (Wildman–Crippen MR) is 96.3 cm³/mol. The fourth-order valence-corrected chi connectivity index (χ4v) is 4.32. The summed E-state index contributed by atoms with van der Waals surface area (Å²) in [6.07, 6.45) is 4.38. The van der Waals surface area contributed by atoms with E-state index in [1.54, 1.807) is 6.33 Å². The Bertz CT molecular complexity index is 781. The molecule has 2 aliphatic rings. The van der Waals surface area contributed by atoms with Crippen molar-refractivity contribution in [3.8, 4) is 0 Å². The molecule has 25 heavy (non-hydrogen) atoms. The van der Waals surface area contributed by atoms with Crippen molar-refractivity contribution in [2.24, 2.45) is 17.6 Å². The second kappa shape index (κ2) is 6.59. The molecule has 0 spiro atoms. The van der Waals surface area contributed by atoms with Gasteiger partial charge in [-0.25, -0.2) is 9.97 Å². The molecular weight excluding hydrogens is 316 g/mol. The third-order valence-corrected chi connectivity index (χ3v) is 5.66. The van der Waals surface area contributed by atoms with Crippen LogP contribution in [0.1, 0.15) is 24.8 Å². The van der Waals surface area contributed by atoms with E-state index in [9.17, 15) is 4.79 Å². The van der Waals surface area contributed by atoms with Crippen LogP contribution in [0, 0.1) is 18.8 Å². The second-order valence-corrected chi connectivity index (χ2v) is 7.12. The summed E-state index contributed by atoms with van der Waals surface area (Å²) >= 11 is 0. The average Bonchev–Trinajstić information content (AvgIpc) is 3.12. The number of primary amides is 1. The smallest absolute Gasteiger partial charge is 0.223 e. The third-order valence-electron chi connectivity index (χ3n) is 5.66. The lowest BCUT2D eigenvalue weighted by atomic mass is 9.84. The van der Waals surface area contributed by atoms with Gasteiger partial charge in [0.2, 0.25) is 5.91 Å². The highest BCUT2D eigenvalue weighted by Crippen LogP contribution is 2.35. The van der Waals surface area contributed by atoms with Gasteiger partial charge in [0, 0.05) is 25.1 Å². The van der Waals surface area contributed by atoms with Crippen molar-refractivity contribution in [2.45, 2.75) is 32.3 Å². The number of hydrogen-bond donors (Lipinski definition) is 1. The number of carbonyl (C=O) groups is 1. The number of nitrogens with two attached hydrogens (primary N) is 1. The molecule has 1 aromatic heterocycles. The van der Waals surface area contributed by atoms with E-state index >= 15 is 0 Å². The molecule has 2 atom stereocenters. The number of anilines is 1. The molecule has 4 rings (SSSR count). The molecule has 3 heterocycles. The first-order valence-electron chi connectivity index (χ1n) is 9.01. The summed E-state index contributed by atoms with van der Waals surface area (Å²) in [4.78, 5) is 22.9. The molecule has 2 N–H and O–H groups in total. The number of benzene rings is 1. The summed E-state index contributed by atoms with van der Waals surface area (Å²) in [6, 6.07) is 6.16. The number of rotatable bonds is 3. The molecule has 6 nitrogen and oxygen atoms in total. The van der Waals surface area contributed by atoms with Crippen LogP contribution in [0.3, 0.4) is 0 Å². The predicted octanol–water partition coefficient (Wildman–Crippen LogP) is 2.05. The van der Waals surface area contributed by atoms with Crippen LogP contribution in [0.15, 0.2) is 24.5 Å². The fourth-order valence-electron chi connectivity index (χ4n) is 4.32. The zero-order valence-electron chi connectivity index (χ0n) is 14.5. The van der Waals surface area contributed by atoms with Gasteiger partial charge >= 0.3 is 0 Å². The summed E-state index contributed by atoms with van der Waals surface area (Å²) in [7, 11) is 0. The standard InChI is InChI=1S/C19H24N4O2/c1-12-3-2-4-15-16(12)19(22-11-21-15)23-8-5-13(6-9-23)17-14(18(20)24)7-10-25-17/h2-4,11,13-14,17H,5-10H2,1H3,(H2,20,24)/t14-,17+/m0/s1. The Morgan fingerprint density at radius 1 is 1.24 bits per heavy atom. The minimum absolute atomic E-state index is 0.0106. The Morgan fingerprint density at radius 3 is 2.80 bits per heavy atom. The van der Waals surface area contributed by atoms with E-state index in [0.717, 1.165) is 49.1 Å². The van der Waals surface area contributed by atoms with Crippen LogP contribution in [0.2, 0.25) is 0 Å². The first kappa shape index (κ1) is 16.3. The summed E-state index contributed by atoms with van der Waals surface area (Å²) < 4.78 is 5.85. The van der Waals surface area contributed by atoms with Gasteiger partial charge in [-0.3, -0.25) is 4.79 Å². The normalized spacial score (nSPS) is 24.8. The SMILES string of the molecule is Cc1cccc2ncnc(N3CCC([C@H]4OCC[C@@H]4C(N)=O)CC3)c12. The molecule has 0 saturated carbocycles. The second-order valence-electron chi connectivity index (χ2n) is 7.12. The minimum atomic E-state index is -0.220. The third kappa shape index (κ3) is 2.95. The van der Waals surface area contributed by atoms with Gasteiger partial charge < -0.3 is 15.4 Å². The fraction of sp³-hybridized carbons (Fsp3) is 0.526. The Hall–Kier alpha value is -2.21. The van der Waals surface area contributed by atoms with Crippen molar-refractivity contribution < 1.29 is 9.53 Å². The minimum Gasteiger partial charge on any atom is -0.377 e. The number of aryl methyl sites for hydroxylation is 1. The average molecular weight is 340 g/mol. The highest BCUT2D eigenvalue weighted by atomic mass is 16.5. The maximum atomic E-state index is 11.6. The molecule has 2 fully saturated rings. The highest BCUT2D eigenvalue weighted by Gasteiger charge is 2.39. The Labute approximate surface area is 147 Å². The van der Waals surface area contributed by atoms with Gasteiger partial charge in [-0.2, -0.15) is 0 Å². The van der Waals surface area contributed by atoms with E-state index in [-0.39, 0.29) is 17.9 Å². The quantitative estimate of drug-likeness (QED) is 0.925. The number of hydrogen-bond acceptors (Lipinski definition) is 5. The zero-order chi connectivity index (χ0) is 17.4. The largest absolute Gasteiger partial charge is 0.377 e. The van der Waals surface area contributed by atoms with E-state index in [2.05, 4.69) is 27.9 Å². The Kier molecular flexibility index (Phi) is 4.29. The molecule has 0 unspecified atom stereocenters. The Balaban J connectivity index is 1.52. The van der Waals surface area contributed by atoms with Crippen LogP contribution in [0.5, 0.6) is 0 Å². The summed E-state index contributed by atoms with van der Waals surface area (Å²) in [5.74, 6) is 1.06. The first-order valence-corrected chi connectivity index (χ1v) is 9.01.